The summed E-state index contributed by atoms with van der Waals surface area (Å²) in [7, 11) is 1.31. The fourth-order valence-electron chi connectivity index (χ4n) is 2.63. The summed E-state index contributed by atoms with van der Waals surface area (Å²) in [6.07, 6.45) is 2.00. The van der Waals surface area contributed by atoms with E-state index in [-0.39, 0.29) is 25.4 Å². The summed E-state index contributed by atoms with van der Waals surface area (Å²) in [4.78, 5) is 33.1. The SMILES string of the molecule is COC(=O)CCN(CC(=O)O)c1cc(C)nc(C2CCCOC2)n1. The lowest BCUT2D eigenvalue weighted by Gasteiger charge is -2.25. The van der Waals surface area contributed by atoms with Crippen LogP contribution in [0.4, 0.5) is 5.82 Å². The van der Waals surface area contributed by atoms with Crippen molar-refractivity contribution in [2.45, 2.75) is 32.1 Å². The Hall–Kier alpha value is -2.22. The Morgan fingerprint density at radius 3 is 2.88 bits per heavy atom. The van der Waals surface area contributed by atoms with Crippen LogP contribution in [0.3, 0.4) is 0 Å². The Morgan fingerprint density at radius 2 is 2.25 bits per heavy atom. The van der Waals surface area contributed by atoms with Crippen molar-refractivity contribution < 1.29 is 24.2 Å². The molecular weight excluding hydrogens is 314 g/mol. The first-order valence-corrected chi connectivity index (χ1v) is 7.96. The Labute approximate surface area is 140 Å². The molecule has 1 fully saturated rings. The van der Waals surface area contributed by atoms with Crippen LogP contribution in [-0.4, -0.2) is 60.4 Å². The van der Waals surface area contributed by atoms with Gasteiger partial charge in [0.1, 0.15) is 18.2 Å². The molecule has 1 aliphatic rings. The molecule has 2 rings (SSSR count). The summed E-state index contributed by atoms with van der Waals surface area (Å²) in [6, 6.07) is 1.73. The van der Waals surface area contributed by atoms with Gasteiger partial charge >= 0.3 is 11.9 Å². The zero-order valence-electron chi connectivity index (χ0n) is 14.0. The highest BCUT2D eigenvalue weighted by Crippen LogP contribution is 2.25. The number of rotatable bonds is 7. The molecule has 132 valence electrons. The van der Waals surface area contributed by atoms with Crippen LogP contribution < -0.4 is 4.90 Å². The van der Waals surface area contributed by atoms with Crippen molar-refractivity contribution in [2.75, 3.05) is 38.3 Å². The number of hydrogen-bond acceptors (Lipinski definition) is 7. The number of aliphatic carboxylic acids is 1. The van der Waals surface area contributed by atoms with Gasteiger partial charge < -0.3 is 19.5 Å². The molecule has 8 heteroatoms. The molecule has 0 saturated carbocycles. The maximum atomic E-state index is 11.4. The molecule has 1 aromatic heterocycles. The van der Waals surface area contributed by atoms with Crippen molar-refractivity contribution in [2.24, 2.45) is 0 Å². The van der Waals surface area contributed by atoms with E-state index in [9.17, 15) is 9.59 Å². The predicted octanol–water partition coefficient (Wildman–Crippen LogP) is 1.13. The minimum absolute atomic E-state index is 0.0920. The first-order valence-electron chi connectivity index (χ1n) is 7.96. The third kappa shape index (κ3) is 5.16. The molecule has 24 heavy (non-hydrogen) atoms. The van der Waals surface area contributed by atoms with Crippen LogP contribution in [0.15, 0.2) is 6.07 Å². The van der Waals surface area contributed by atoms with Crippen LogP contribution in [0.25, 0.3) is 0 Å². The highest BCUT2D eigenvalue weighted by molar-refractivity contribution is 5.74. The van der Waals surface area contributed by atoms with Gasteiger partial charge in [0.2, 0.25) is 0 Å². The molecule has 0 aliphatic carbocycles. The van der Waals surface area contributed by atoms with E-state index in [4.69, 9.17) is 9.84 Å². The maximum absolute atomic E-state index is 11.4. The molecule has 1 saturated heterocycles. The number of anilines is 1. The lowest BCUT2D eigenvalue weighted by Crippen LogP contribution is -2.33. The fraction of sp³-hybridized carbons (Fsp3) is 0.625. The van der Waals surface area contributed by atoms with Crippen LogP contribution in [0.2, 0.25) is 0 Å². The molecule has 0 radical (unpaired) electrons. The number of hydrogen-bond donors (Lipinski definition) is 1. The number of carboxylic acids is 1. The smallest absolute Gasteiger partial charge is 0.323 e. The summed E-state index contributed by atoms with van der Waals surface area (Å²) >= 11 is 0. The van der Waals surface area contributed by atoms with Crippen molar-refractivity contribution in [1.82, 2.24) is 9.97 Å². The Kier molecular flexibility index (Phi) is 6.48. The van der Waals surface area contributed by atoms with E-state index >= 15 is 0 Å². The second kappa shape index (κ2) is 8.58. The number of esters is 1. The predicted molar refractivity (Wildman–Crippen MR) is 86.0 cm³/mol. The van der Waals surface area contributed by atoms with Gasteiger partial charge in [-0.25, -0.2) is 9.97 Å². The molecule has 0 spiro atoms. The lowest BCUT2D eigenvalue weighted by molar-refractivity contribution is -0.141. The average molecular weight is 337 g/mol. The molecular formula is C16H23N3O5. The number of nitrogens with zero attached hydrogens (tertiary/aromatic N) is 3. The number of carboxylic acid groups (broad SMARTS) is 1. The van der Waals surface area contributed by atoms with Crippen molar-refractivity contribution >= 4 is 17.8 Å². The summed E-state index contributed by atoms with van der Waals surface area (Å²) in [5.74, 6) is -0.0898. The Balaban J connectivity index is 2.21. The van der Waals surface area contributed by atoms with Gasteiger partial charge in [-0.15, -0.1) is 0 Å². The van der Waals surface area contributed by atoms with Crippen molar-refractivity contribution in [3.63, 3.8) is 0 Å². The van der Waals surface area contributed by atoms with Gasteiger partial charge in [-0.05, 0) is 19.8 Å². The number of aryl methyl sites for hydroxylation is 1. The van der Waals surface area contributed by atoms with Crippen LogP contribution in [0.5, 0.6) is 0 Å². The summed E-state index contributed by atoms with van der Waals surface area (Å²) in [5.41, 5.74) is 0.758. The summed E-state index contributed by atoms with van der Waals surface area (Å²) < 4.78 is 10.1. The highest BCUT2D eigenvalue weighted by Gasteiger charge is 2.22. The Morgan fingerprint density at radius 1 is 1.46 bits per heavy atom. The number of methoxy groups -OCH3 is 1. The molecule has 1 atom stereocenters. The molecule has 1 N–H and O–H groups in total. The van der Waals surface area contributed by atoms with Crippen molar-refractivity contribution in [1.29, 1.82) is 0 Å². The highest BCUT2D eigenvalue weighted by atomic mass is 16.5. The number of ether oxygens (including phenoxy) is 2. The minimum atomic E-state index is -0.987. The first-order chi connectivity index (χ1) is 11.5. The van der Waals surface area contributed by atoms with Crippen LogP contribution in [-0.2, 0) is 19.1 Å². The van der Waals surface area contributed by atoms with E-state index in [0.717, 1.165) is 25.1 Å². The maximum Gasteiger partial charge on any atom is 0.323 e. The molecule has 8 nitrogen and oxygen atoms in total. The minimum Gasteiger partial charge on any atom is -0.480 e. The van der Waals surface area contributed by atoms with Gasteiger partial charge in [0.05, 0.1) is 20.1 Å². The van der Waals surface area contributed by atoms with E-state index in [1.54, 1.807) is 11.0 Å². The van der Waals surface area contributed by atoms with Gasteiger partial charge in [0.25, 0.3) is 0 Å². The van der Waals surface area contributed by atoms with Gasteiger partial charge in [-0.2, -0.15) is 0 Å². The third-order valence-electron chi connectivity index (χ3n) is 3.85. The summed E-state index contributed by atoms with van der Waals surface area (Å²) in [6.45, 7) is 3.14. The number of aromatic nitrogens is 2. The number of carbonyl (C=O) groups excluding carboxylic acids is 1. The molecule has 1 unspecified atom stereocenters. The van der Waals surface area contributed by atoms with E-state index in [1.165, 1.54) is 7.11 Å². The topological polar surface area (TPSA) is 102 Å². The zero-order valence-corrected chi connectivity index (χ0v) is 14.0. The third-order valence-corrected chi connectivity index (χ3v) is 3.85. The normalized spacial score (nSPS) is 17.3. The van der Waals surface area contributed by atoms with E-state index in [1.807, 2.05) is 6.92 Å². The second-order valence-corrected chi connectivity index (χ2v) is 5.78. The van der Waals surface area contributed by atoms with E-state index in [2.05, 4.69) is 14.7 Å². The van der Waals surface area contributed by atoms with E-state index < -0.39 is 11.9 Å². The standard InChI is InChI=1S/C16H23N3O5/c1-11-8-13(18-16(17-11)12-4-3-7-24-10-12)19(9-14(20)21)6-5-15(22)23-2/h8,12H,3-7,9-10H2,1-2H3,(H,20,21). The molecule has 1 aromatic rings. The number of carbonyl (C=O) groups is 2. The van der Waals surface area contributed by atoms with Gasteiger partial charge in [-0.1, -0.05) is 0 Å². The molecule has 0 aromatic carbocycles. The first kappa shape index (κ1) is 18.1. The van der Waals surface area contributed by atoms with Crippen LogP contribution in [0.1, 0.15) is 36.7 Å². The largest absolute Gasteiger partial charge is 0.480 e. The van der Waals surface area contributed by atoms with Gasteiger partial charge in [-0.3, -0.25) is 9.59 Å². The zero-order chi connectivity index (χ0) is 17.5. The van der Waals surface area contributed by atoms with Gasteiger partial charge in [0.15, 0.2) is 0 Å². The monoisotopic (exact) mass is 337 g/mol. The van der Waals surface area contributed by atoms with Crippen LogP contribution in [0, 0.1) is 6.92 Å². The second-order valence-electron chi connectivity index (χ2n) is 5.78. The van der Waals surface area contributed by atoms with Crippen molar-refractivity contribution in [3.05, 3.63) is 17.6 Å². The lowest BCUT2D eigenvalue weighted by atomic mass is 10.0. The quantitative estimate of drug-likeness (QED) is 0.739. The van der Waals surface area contributed by atoms with Crippen molar-refractivity contribution in [3.8, 4) is 0 Å². The molecule has 0 bridgehead atoms. The average Bonchev–Trinajstić information content (AvgIpc) is 2.58. The molecule has 1 aliphatic heterocycles. The van der Waals surface area contributed by atoms with Gasteiger partial charge in [0, 0.05) is 30.8 Å². The van der Waals surface area contributed by atoms with E-state index in [0.29, 0.717) is 18.2 Å². The fourth-order valence-corrected chi connectivity index (χ4v) is 2.63. The molecule has 0 amide bonds. The van der Waals surface area contributed by atoms with Crippen LogP contribution >= 0.6 is 0 Å². The Bertz CT molecular complexity index is 587. The summed E-state index contributed by atoms with van der Waals surface area (Å²) in [5, 5.41) is 9.13. The molecule has 2 heterocycles.